The molecule has 0 bridgehead atoms. The van der Waals surface area contributed by atoms with Gasteiger partial charge in [-0.3, -0.25) is 0 Å². The summed E-state index contributed by atoms with van der Waals surface area (Å²) in [5, 5.41) is 9.98. The van der Waals surface area contributed by atoms with Crippen LogP contribution in [0.5, 0.6) is 0 Å². The van der Waals surface area contributed by atoms with Crippen LogP contribution < -0.4 is 0 Å². The fourth-order valence-electron chi connectivity index (χ4n) is 5.16. The lowest BCUT2D eigenvalue weighted by atomic mass is 9.80. The standard InChI is InChI=1S/C32H31NO4/c34-31(35)33-22-30(36-23-25-13-5-1-6-14-25)21-29(33)24-37-32(26-15-7-2-8-16-26,27-17-9-3-10-18-27)28-19-11-4-12-20-28/h1-20,29-30H,21-24H2,(H,34,35)/t29-,30+/m0/s1. The van der Waals surface area contributed by atoms with Gasteiger partial charge < -0.3 is 19.5 Å². The Bertz CT molecular complexity index is 1170. The largest absolute Gasteiger partial charge is 0.465 e. The highest BCUT2D eigenvalue weighted by Crippen LogP contribution is 2.41. The van der Waals surface area contributed by atoms with E-state index in [9.17, 15) is 9.90 Å². The van der Waals surface area contributed by atoms with Gasteiger partial charge in [0.25, 0.3) is 0 Å². The summed E-state index contributed by atoms with van der Waals surface area (Å²) in [7, 11) is 0. The molecule has 2 atom stereocenters. The minimum absolute atomic E-state index is 0.190. The van der Waals surface area contributed by atoms with E-state index >= 15 is 0 Å². The number of benzene rings is 4. The number of amides is 1. The Kier molecular flexibility index (Phi) is 7.64. The van der Waals surface area contributed by atoms with Gasteiger partial charge in [0.1, 0.15) is 5.60 Å². The summed E-state index contributed by atoms with van der Waals surface area (Å²) in [6.45, 7) is 1.01. The zero-order valence-electron chi connectivity index (χ0n) is 20.6. The molecule has 1 heterocycles. The van der Waals surface area contributed by atoms with Crippen molar-refractivity contribution in [3.05, 3.63) is 144 Å². The number of hydrogen-bond donors (Lipinski definition) is 1. The first-order chi connectivity index (χ1) is 18.2. The van der Waals surface area contributed by atoms with Crippen molar-refractivity contribution < 1.29 is 19.4 Å². The summed E-state index contributed by atoms with van der Waals surface area (Å²) in [6, 6.07) is 40.0. The van der Waals surface area contributed by atoms with Gasteiger partial charge in [-0.2, -0.15) is 0 Å². The molecule has 1 fully saturated rings. The van der Waals surface area contributed by atoms with E-state index < -0.39 is 11.7 Å². The summed E-state index contributed by atoms with van der Waals surface area (Å²) in [5.41, 5.74) is 3.15. The van der Waals surface area contributed by atoms with Gasteiger partial charge in [0, 0.05) is 0 Å². The average Bonchev–Trinajstić information content (AvgIpc) is 3.38. The molecule has 1 amide bonds. The first-order valence-electron chi connectivity index (χ1n) is 12.6. The molecule has 37 heavy (non-hydrogen) atoms. The maximum atomic E-state index is 12.2. The van der Waals surface area contributed by atoms with Crippen molar-refractivity contribution in [1.29, 1.82) is 0 Å². The smallest absolute Gasteiger partial charge is 0.407 e. The lowest BCUT2D eigenvalue weighted by Crippen LogP contribution is -2.41. The molecule has 0 aliphatic carbocycles. The quantitative estimate of drug-likeness (QED) is 0.277. The SMILES string of the molecule is O=C(O)N1C[C@H](OCc2ccccc2)C[C@H]1COC(c1ccccc1)(c1ccccc1)c1ccccc1. The monoisotopic (exact) mass is 493 g/mol. The molecule has 5 heteroatoms. The van der Waals surface area contributed by atoms with Crippen molar-refractivity contribution in [3.8, 4) is 0 Å². The summed E-state index contributed by atoms with van der Waals surface area (Å²) in [5.74, 6) is 0. The van der Waals surface area contributed by atoms with E-state index in [2.05, 4.69) is 36.4 Å². The Balaban J connectivity index is 1.44. The number of nitrogens with zero attached hydrogens (tertiary/aromatic N) is 1. The van der Waals surface area contributed by atoms with Crippen molar-refractivity contribution in [2.75, 3.05) is 13.2 Å². The molecule has 0 spiro atoms. The van der Waals surface area contributed by atoms with Gasteiger partial charge in [-0.05, 0) is 28.7 Å². The number of carbonyl (C=O) groups is 1. The predicted molar refractivity (Wildman–Crippen MR) is 143 cm³/mol. The minimum Gasteiger partial charge on any atom is -0.465 e. The van der Waals surface area contributed by atoms with Crippen LogP contribution in [-0.4, -0.2) is 41.4 Å². The van der Waals surface area contributed by atoms with Crippen LogP contribution in [0.2, 0.25) is 0 Å². The molecular weight excluding hydrogens is 462 g/mol. The third-order valence-corrected chi connectivity index (χ3v) is 6.98. The summed E-state index contributed by atoms with van der Waals surface area (Å²) < 4.78 is 13.0. The summed E-state index contributed by atoms with van der Waals surface area (Å²) in [6.07, 6.45) is -0.568. The number of carboxylic acid groups (broad SMARTS) is 1. The van der Waals surface area contributed by atoms with E-state index in [0.717, 1.165) is 22.3 Å². The third kappa shape index (κ3) is 5.43. The van der Waals surface area contributed by atoms with E-state index in [4.69, 9.17) is 9.47 Å². The number of likely N-dealkylation sites (tertiary alicyclic amines) is 1. The van der Waals surface area contributed by atoms with Crippen molar-refractivity contribution >= 4 is 6.09 Å². The van der Waals surface area contributed by atoms with Crippen molar-refractivity contribution in [2.45, 2.75) is 30.8 Å². The van der Waals surface area contributed by atoms with E-state index in [1.165, 1.54) is 4.90 Å². The van der Waals surface area contributed by atoms with Crippen LogP contribution in [0.3, 0.4) is 0 Å². The van der Waals surface area contributed by atoms with Gasteiger partial charge in [-0.25, -0.2) is 4.79 Å². The maximum Gasteiger partial charge on any atom is 0.407 e. The summed E-state index contributed by atoms with van der Waals surface area (Å²) >= 11 is 0. The molecule has 1 N–H and O–H groups in total. The first-order valence-corrected chi connectivity index (χ1v) is 12.6. The zero-order valence-corrected chi connectivity index (χ0v) is 20.6. The molecule has 5 rings (SSSR count). The third-order valence-electron chi connectivity index (χ3n) is 6.98. The summed E-state index contributed by atoms with van der Waals surface area (Å²) in [4.78, 5) is 13.6. The molecule has 4 aromatic rings. The highest BCUT2D eigenvalue weighted by atomic mass is 16.5. The van der Waals surface area contributed by atoms with E-state index in [-0.39, 0.29) is 18.8 Å². The molecule has 5 nitrogen and oxygen atoms in total. The normalized spacial score (nSPS) is 17.6. The molecular formula is C32H31NO4. The van der Waals surface area contributed by atoms with Gasteiger partial charge >= 0.3 is 6.09 Å². The molecule has 0 unspecified atom stereocenters. The second-order valence-corrected chi connectivity index (χ2v) is 9.33. The van der Waals surface area contributed by atoms with E-state index in [1.807, 2.05) is 84.9 Å². The van der Waals surface area contributed by atoms with Crippen LogP contribution in [-0.2, 0) is 21.7 Å². The second kappa shape index (κ2) is 11.4. The van der Waals surface area contributed by atoms with Gasteiger partial charge in [0.15, 0.2) is 0 Å². The molecule has 1 saturated heterocycles. The van der Waals surface area contributed by atoms with E-state index in [0.29, 0.717) is 19.6 Å². The Morgan fingerprint density at radius 1 is 0.757 bits per heavy atom. The topological polar surface area (TPSA) is 59.0 Å². The Morgan fingerprint density at radius 2 is 1.22 bits per heavy atom. The van der Waals surface area contributed by atoms with Crippen molar-refractivity contribution in [1.82, 2.24) is 4.90 Å². The van der Waals surface area contributed by atoms with Gasteiger partial charge in [-0.15, -0.1) is 0 Å². The predicted octanol–water partition coefficient (Wildman–Crippen LogP) is 6.33. The highest BCUT2D eigenvalue weighted by Gasteiger charge is 2.41. The van der Waals surface area contributed by atoms with Gasteiger partial charge in [-0.1, -0.05) is 121 Å². The molecule has 1 aliphatic rings. The first kappa shape index (κ1) is 24.8. The molecule has 0 saturated carbocycles. The van der Waals surface area contributed by atoms with Crippen molar-refractivity contribution in [3.63, 3.8) is 0 Å². The van der Waals surface area contributed by atoms with Crippen LogP contribution in [0.1, 0.15) is 28.7 Å². The molecule has 188 valence electrons. The van der Waals surface area contributed by atoms with Gasteiger partial charge in [0.05, 0.1) is 31.9 Å². The van der Waals surface area contributed by atoms with Crippen LogP contribution >= 0.6 is 0 Å². The van der Waals surface area contributed by atoms with Crippen molar-refractivity contribution in [2.24, 2.45) is 0 Å². The fraction of sp³-hybridized carbons (Fsp3) is 0.219. The zero-order chi connectivity index (χ0) is 25.5. The number of ether oxygens (including phenoxy) is 2. The lowest BCUT2D eigenvalue weighted by molar-refractivity contribution is -0.0139. The molecule has 1 aliphatic heterocycles. The van der Waals surface area contributed by atoms with Crippen LogP contribution in [0.4, 0.5) is 4.79 Å². The number of rotatable bonds is 9. The van der Waals surface area contributed by atoms with Crippen LogP contribution in [0.25, 0.3) is 0 Å². The Hall–Kier alpha value is -3.93. The van der Waals surface area contributed by atoms with Crippen LogP contribution in [0, 0.1) is 0 Å². The maximum absolute atomic E-state index is 12.2. The van der Waals surface area contributed by atoms with E-state index in [1.54, 1.807) is 0 Å². The molecule has 0 radical (unpaired) electrons. The molecule has 4 aromatic carbocycles. The second-order valence-electron chi connectivity index (χ2n) is 9.33. The fourth-order valence-corrected chi connectivity index (χ4v) is 5.16. The minimum atomic E-state index is -0.954. The van der Waals surface area contributed by atoms with Gasteiger partial charge in [0.2, 0.25) is 0 Å². The Morgan fingerprint density at radius 3 is 1.68 bits per heavy atom. The lowest BCUT2D eigenvalue weighted by Gasteiger charge is -2.37. The van der Waals surface area contributed by atoms with Crippen LogP contribution in [0.15, 0.2) is 121 Å². The highest BCUT2D eigenvalue weighted by molar-refractivity contribution is 5.66. The molecule has 0 aromatic heterocycles. The average molecular weight is 494 g/mol. The number of hydrogen-bond acceptors (Lipinski definition) is 3. The Labute approximate surface area is 217 Å².